The normalized spacial score (nSPS) is 31.6. The molecular weight excluding hydrogens is 577 g/mol. The number of rotatable bonds is 12. The van der Waals surface area contributed by atoms with Crippen LogP contribution >= 0.6 is 0 Å². The zero-order chi connectivity index (χ0) is 33.4. The first-order chi connectivity index (χ1) is 20.1. The van der Waals surface area contributed by atoms with Crippen LogP contribution in [0.3, 0.4) is 0 Å². The van der Waals surface area contributed by atoms with Gasteiger partial charge < -0.3 is 18.3 Å². The van der Waals surface area contributed by atoms with Crippen molar-refractivity contribution in [2.75, 3.05) is 6.61 Å². The van der Waals surface area contributed by atoms with Gasteiger partial charge in [0.2, 0.25) is 0 Å². The lowest BCUT2D eigenvalue weighted by atomic mass is 9.68. The van der Waals surface area contributed by atoms with Gasteiger partial charge in [0.05, 0.1) is 17.8 Å². The smallest absolute Gasteiger partial charge is 0.192 e. The molecule has 1 aliphatic heterocycles. The highest BCUT2D eigenvalue weighted by atomic mass is 28.4. The van der Waals surface area contributed by atoms with Crippen LogP contribution in [0.1, 0.15) is 127 Å². The van der Waals surface area contributed by atoms with Gasteiger partial charge in [0.1, 0.15) is 0 Å². The van der Waals surface area contributed by atoms with E-state index in [1.54, 1.807) is 0 Å². The first-order valence-electron chi connectivity index (χ1n) is 18.1. The molecule has 0 aromatic carbocycles. The molecule has 3 aliphatic rings. The van der Waals surface area contributed by atoms with Crippen LogP contribution < -0.4 is 0 Å². The van der Waals surface area contributed by atoms with Gasteiger partial charge in [-0.1, -0.05) is 107 Å². The van der Waals surface area contributed by atoms with Crippen LogP contribution in [0.25, 0.3) is 0 Å². The molecule has 1 saturated heterocycles. The van der Waals surface area contributed by atoms with Crippen molar-refractivity contribution in [2.24, 2.45) is 23.2 Å². The first-order valence-corrected chi connectivity index (χ1v) is 23.9. The predicted octanol–water partition coefficient (Wildman–Crippen LogP) is 11.4. The third kappa shape index (κ3) is 8.42. The molecule has 256 valence electrons. The molecule has 0 amide bonds. The summed E-state index contributed by atoms with van der Waals surface area (Å²) in [6, 6.07) is 0. The number of ether oxygens (including phenoxy) is 2. The van der Waals surface area contributed by atoms with E-state index in [9.17, 15) is 0 Å². The van der Waals surface area contributed by atoms with Crippen LogP contribution in [0.15, 0.2) is 24.3 Å². The molecule has 2 aliphatic carbocycles. The lowest BCUT2D eigenvalue weighted by Crippen LogP contribution is -2.58. The van der Waals surface area contributed by atoms with Gasteiger partial charge in [0, 0.05) is 12.5 Å². The van der Waals surface area contributed by atoms with E-state index >= 15 is 0 Å². The minimum atomic E-state index is -2.11. The molecule has 0 radical (unpaired) electrons. The fourth-order valence-electron chi connectivity index (χ4n) is 7.32. The predicted molar refractivity (Wildman–Crippen MR) is 193 cm³/mol. The van der Waals surface area contributed by atoms with Gasteiger partial charge in [-0.25, -0.2) is 0 Å². The Balaban J connectivity index is 2.07. The molecule has 0 spiro atoms. The maximum atomic E-state index is 7.76. The van der Waals surface area contributed by atoms with Crippen molar-refractivity contribution >= 4 is 16.6 Å². The Morgan fingerprint density at radius 2 is 1.57 bits per heavy atom. The summed E-state index contributed by atoms with van der Waals surface area (Å²) < 4.78 is 27.8. The average molecular weight is 649 g/mol. The molecule has 0 aromatic rings. The van der Waals surface area contributed by atoms with Gasteiger partial charge >= 0.3 is 0 Å². The molecule has 0 N–H and O–H groups in total. The topological polar surface area (TPSA) is 36.9 Å². The van der Waals surface area contributed by atoms with Crippen LogP contribution in [-0.2, 0) is 18.3 Å². The standard InChI is InChI=1S/C38H72O4Si2/c1-16-17-18-21-29(41-43(12,13)36(6,7)8)23-24-32-30-26-28(2)34(40-33-22-19-20-25-39-33)31(30)27-38(32,35(3,4)5)42-44(14,15)37(9,10)11/h23-24,29-34H,2,16-22,25-27H2,1,3-15H3/b24-23+/t29-,30-,31-,32-,33?,34?,38+/m0/s1. The minimum absolute atomic E-state index is 0.0371. The quantitative estimate of drug-likeness (QED) is 0.120. The fraction of sp³-hybridized carbons (Fsp3) is 0.895. The Labute approximate surface area is 275 Å². The Kier molecular flexibility index (Phi) is 12.2. The number of hydrogen-bond donors (Lipinski definition) is 0. The van der Waals surface area contributed by atoms with Crippen molar-refractivity contribution in [3.63, 3.8) is 0 Å². The largest absolute Gasteiger partial charge is 0.411 e. The molecule has 44 heavy (non-hydrogen) atoms. The highest BCUT2D eigenvalue weighted by molar-refractivity contribution is 6.74. The molecule has 4 nitrogen and oxygen atoms in total. The second-order valence-electron chi connectivity index (χ2n) is 18.6. The van der Waals surface area contributed by atoms with Crippen molar-refractivity contribution in [1.82, 2.24) is 0 Å². The van der Waals surface area contributed by atoms with Gasteiger partial charge in [-0.2, -0.15) is 0 Å². The SMILES string of the molecule is C=C1C[C@H]2[C@H](C[C@](O[Si](C)(C)C(C)(C)C)(C(C)(C)C)[C@H]2/C=C/[C@H](CCCCC)O[Si](C)(C)C(C)(C)C)C1OC1CCCCO1. The van der Waals surface area contributed by atoms with Crippen LogP contribution in [0.5, 0.6) is 0 Å². The van der Waals surface area contributed by atoms with E-state index in [-0.39, 0.29) is 45.5 Å². The fourth-order valence-corrected chi connectivity index (χ4v) is 10.4. The molecule has 1 heterocycles. The van der Waals surface area contributed by atoms with Crippen LogP contribution in [0.4, 0.5) is 0 Å². The summed E-state index contributed by atoms with van der Waals surface area (Å²) in [4.78, 5) is 0. The zero-order valence-corrected chi connectivity index (χ0v) is 33.5. The van der Waals surface area contributed by atoms with Crippen molar-refractivity contribution in [3.8, 4) is 0 Å². The Morgan fingerprint density at radius 3 is 2.09 bits per heavy atom. The van der Waals surface area contributed by atoms with Gasteiger partial charge in [-0.15, -0.1) is 0 Å². The molecular formula is C38H72O4Si2. The summed E-state index contributed by atoms with van der Waals surface area (Å²) >= 11 is 0. The molecule has 3 rings (SSSR count). The van der Waals surface area contributed by atoms with E-state index in [1.165, 1.54) is 31.3 Å². The molecule has 2 saturated carbocycles. The highest BCUT2D eigenvalue weighted by Crippen LogP contribution is 2.63. The van der Waals surface area contributed by atoms with Crippen molar-refractivity contribution in [3.05, 3.63) is 24.3 Å². The summed E-state index contributed by atoms with van der Waals surface area (Å²) in [5, 5.41) is 0.304. The molecule has 0 aromatic heterocycles. The second-order valence-corrected chi connectivity index (χ2v) is 28.1. The minimum Gasteiger partial charge on any atom is -0.411 e. The molecule has 0 bridgehead atoms. The third-order valence-corrected chi connectivity index (χ3v) is 21.2. The highest BCUT2D eigenvalue weighted by Gasteiger charge is 2.64. The van der Waals surface area contributed by atoms with E-state index in [1.807, 2.05) is 0 Å². The van der Waals surface area contributed by atoms with E-state index in [4.69, 9.17) is 18.3 Å². The first kappa shape index (κ1) is 38.2. The third-order valence-electron chi connectivity index (χ3n) is 12.2. The lowest BCUT2D eigenvalue weighted by Gasteiger charge is -2.53. The molecule has 2 unspecified atom stereocenters. The number of fused-ring (bicyclic) bond motifs is 1. The second kappa shape index (κ2) is 14.1. The zero-order valence-electron chi connectivity index (χ0n) is 31.5. The van der Waals surface area contributed by atoms with Gasteiger partial charge in [0.15, 0.2) is 22.9 Å². The summed E-state index contributed by atoms with van der Waals surface area (Å²) in [6.07, 6.45) is 15.2. The van der Waals surface area contributed by atoms with Crippen LogP contribution in [0.2, 0.25) is 36.3 Å². The number of unbranched alkanes of at least 4 members (excludes halogenated alkanes) is 2. The summed E-state index contributed by atoms with van der Waals surface area (Å²) in [6.45, 7) is 38.8. The average Bonchev–Trinajstić information content (AvgIpc) is 3.33. The van der Waals surface area contributed by atoms with Gasteiger partial charge in [-0.05, 0) is 97.6 Å². The molecule has 3 fully saturated rings. The maximum absolute atomic E-state index is 7.76. The van der Waals surface area contributed by atoms with Crippen LogP contribution in [0, 0.1) is 23.2 Å². The van der Waals surface area contributed by atoms with Gasteiger partial charge in [-0.3, -0.25) is 0 Å². The molecule has 7 atom stereocenters. The Bertz CT molecular complexity index is 976. The van der Waals surface area contributed by atoms with Crippen molar-refractivity contribution in [2.45, 2.75) is 187 Å². The summed E-state index contributed by atoms with van der Waals surface area (Å²) in [5.41, 5.74) is 0.912. The lowest BCUT2D eigenvalue weighted by molar-refractivity contribution is -0.189. The Morgan fingerprint density at radius 1 is 0.932 bits per heavy atom. The van der Waals surface area contributed by atoms with Crippen molar-refractivity contribution < 1.29 is 18.3 Å². The summed E-state index contributed by atoms with van der Waals surface area (Å²) in [7, 11) is -4.05. The maximum Gasteiger partial charge on any atom is 0.192 e. The van der Waals surface area contributed by atoms with E-state index in [0.717, 1.165) is 38.7 Å². The van der Waals surface area contributed by atoms with Crippen LogP contribution in [-0.4, -0.2) is 47.3 Å². The van der Waals surface area contributed by atoms with Gasteiger partial charge in [0.25, 0.3) is 0 Å². The number of hydrogen-bond acceptors (Lipinski definition) is 4. The van der Waals surface area contributed by atoms with Crippen molar-refractivity contribution in [1.29, 1.82) is 0 Å². The van der Waals surface area contributed by atoms with E-state index in [2.05, 4.69) is 114 Å². The monoisotopic (exact) mass is 648 g/mol. The Hall–Kier alpha value is -0.246. The summed E-state index contributed by atoms with van der Waals surface area (Å²) in [5.74, 6) is 1.10. The molecule has 6 heteroatoms. The van der Waals surface area contributed by atoms with E-state index in [0.29, 0.717) is 11.8 Å². The van der Waals surface area contributed by atoms with E-state index < -0.39 is 16.6 Å².